The lowest BCUT2D eigenvalue weighted by molar-refractivity contribution is -0.139. The predicted molar refractivity (Wildman–Crippen MR) is 105 cm³/mol. The van der Waals surface area contributed by atoms with E-state index in [1.807, 2.05) is 36.2 Å². The number of aliphatic hydroxyl groups is 1. The summed E-state index contributed by atoms with van der Waals surface area (Å²) in [6.45, 7) is -0.0365. The van der Waals surface area contributed by atoms with E-state index < -0.39 is 11.9 Å². The van der Waals surface area contributed by atoms with E-state index in [4.69, 9.17) is 9.47 Å². The molecule has 0 bridgehead atoms. The third-order valence-electron chi connectivity index (χ3n) is 5.13. The third kappa shape index (κ3) is 4.17. The van der Waals surface area contributed by atoms with Gasteiger partial charge in [0.1, 0.15) is 0 Å². The molecule has 1 unspecified atom stereocenters. The van der Waals surface area contributed by atoms with Crippen LogP contribution in [0.25, 0.3) is 5.57 Å². The van der Waals surface area contributed by atoms with E-state index in [0.717, 1.165) is 29.5 Å². The van der Waals surface area contributed by atoms with Crippen LogP contribution in [-0.4, -0.2) is 49.3 Å². The molecule has 1 aromatic rings. The first-order valence-corrected chi connectivity index (χ1v) is 9.23. The van der Waals surface area contributed by atoms with Gasteiger partial charge in [0.05, 0.1) is 38.0 Å². The minimum absolute atomic E-state index is 0.0365. The number of ether oxygens (including phenoxy) is 2. The van der Waals surface area contributed by atoms with E-state index in [1.165, 1.54) is 14.2 Å². The minimum atomic E-state index is -0.604. The monoisotopic (exact) mass is 383 g/mol. The Balaban J connectivity index is 2.16. The lowest BCUT2D eigenvalue weighted by Gasteiger charge is -2.28. The van der Waals surface area contributed by atoms with E-state index in [9.17, 15) is 14.7 Å². The number of rotatable bonds is 5. The van der Waals surface area contributed by atoms with E-state index in [2.05, 4.69) is 6.08 Å². The zero-order chi connectivity index (χ0) is 20.3. The summed E-state index contributed by atoms with van der Waals surface area (Å²) in [7, 11) is 4.47. The Morgan fingerprint density at radius 1 is 1.07 bits per heavy atom. The standard InChI is InChI=1S/C22H25NO5/c1-23-12-19(22(26)28-3)18(21(25)27-2)10-17(11-20(23)16-8-9-16)15-6-4-14(13-24)5-7-15/h4-7,10-12,16,20,24H,8-9,13H2,1-3H3. The van der Waals surface area contributed by atoms with Crippen molar-refractivity contribution in [2.45, 2.75) is 25.5 Å². The second-order valence-corrected chi connectivity index (χ2v) is 7.05. The first-order valence-electron chi connectivity index (χ1n) is 9.23. The molecule has 0 aromatic heterocycles. The molecule has 148 valence electrons. The highest BCUT2D eigenvalue weighted by atomic mass is 16.5. The molecule has 0 amide bonds. The molecular weight excluding hydrogens is 358 g/mol. The second kappa shape index (κ2) is 8.44. The molecule has 1 atom stereocenters. The summed E-state index contributed by atoms with van der Waals surface area (Å²) in [6.07, 6.45) is 7.72. The summed E-state index contributed by atoms with van der Waals surface area (Å²) >= 11 is 0. The number of methoxy groups -OCH3 is 2. The quantitative estimate of drug-likeness (QED) is 0.787. The normalized spacial score (nSPS) is 19.6. The Morgan fingerprint density at radius 3 is 2.21 bits per heavy atom. The van der Waals surface area contributed by atoms with E-state index in [-0.39, 0.29) is 23.8 Å². The average molecular weight is 383 g/mol. The maximum absolute atomic E-state index is 12.5. The Kier molecular flexibility index (Phi) is 5.99. The van der Waals surface area contributed by atoms with Crippen molar-refractivity contribution >= 4 is 17.5 Å². The van der Waals surface area contributed by atoms with Gasteiger partial charge in [-0.3, -0.25) is 0 Å². The molecule has 1 aliphatic carbocycles. The Hall–Kier alpha value is -2.86. The molecule has 0 spiro atoms. The fraction of sp³-hybridized carbons (Fsp3) is 0.364. The summed E-state index contributed by atoms with van der Waals surface area (Å²) in [6, 6.07) is 7.58. The smallest absolute Gasteiger partial charge is 0.340 e. The average Bonchev–Trinajstić information content (AvgIpc) is 3.55. The van der Waals surface area contributed by atoms with Gasteiger partial charge >= 0.3 is 11.9 Å². The van der Waals surface area contributed by atoms with Crippen molar-refractivity contribution < 1.29 is 24.2 Å². The number of allylic oxidation sites excluding steroid dienone is 2. The van der Waals surface area contributed by atoms with Gasteiger partial charge in [0.15, 0.2) is 0 Å². The molecule has 1 aliphatic heterocycles. The van der Waals surface area contributed by atoms with E-state index >= 15 is 0 Å². The van der Waals surface area contributed by atoms with E-state index in [0.29, 0.717) is 5.92 Å². The molecule has 0 radical (unpaired) electrons. The Labute approximate surface area is 164 Å². The van der Waals surface area contributed by atoms with E-state index in [1.54, 1.807) is 12.3 Å². The highest BCUT2D eigenvalue weighted by Gasteiger charge is 2.34. The van der Waals surface area contributed by atoms with Crippen LogP contribution in [0, 0.1) is 5.92 Å². The number of likely N-dealkylation sites (N-methyl/N-ethyl adjacent to an activating group) is 1. The van der Waals surface area contributed by atoms with Gasteiger partial charge in [0.25, 0.3) is 0 Å². The van der Waals surface area contributed by atoms with Crippen LogP contribution in [0.15, 0.2) is 53.8 Å². The first-order chi connectivity index (χ1) is 13.5. The Bertz CT molecular complexity index is 846. The molecule has 1 fully saturated rings. The molecule has 28 heavy (non-hydrogen) atoms. The number of esters is 2. The topological polar surface area (TPSA) is 76.1 Å². The van der Waals surface area contributed by atoms with Gasteiger partial charge < -0.3 is 19.5 Å². The van der Waals surface area contributed by atoms with Gasteiger partial charge in [-0.15, -0.1) is 0 Å². The van der Waals surface area contributed by atoms with Crippen molar-refractivity contribution in [3.05, 3.63) is 64.9 Å². The highest BCUT2D eigenvalue weighted by molar-refractivity contribution is 6.08. The van der Waals surface area contributed by atoms with Gasteiger partial charge in [0.2, 0.25) is 0 Å². The number of aliphatic hydroxyl groups excluding tert-OH is 1. The van der Waals surface area contributed by atoms with Crippen LogP contribution in [-0.2, 0) is 25.7 Å². The number of carbonyl (C=O) groups excluding carboxylic acids is 2. The number of carbonyl (C=O) groups is 2. The molecule has 1 heterocycles. The fourth-order valence-electron chi connectivity index (χ4n) is 3.38. The predicted octanol–water partition coefficient (Wildman–Crippen LogP) is 2.44. The van der Waals surface area contributed by atoms with Crippen molar-refractivity contribution in [1.29, 1.82) is 0 Å². The molecule has 6 heteroatoms. The molecule has 1 aromatic carbocycles. The van der Waals surface area contributed by atoms with Gasteiger partial charge in [-0.2, -0.15) is 0 Å². The SMILES string of the molecule is COC(=O)C1=CC(c2ccc(CO)cc2)=CC(C2CC2)N(C)C=C1C(=O)OC. The van der Waals surface area contributed by atoms with Gasteiger partial charge in [0, 0.05) is 13.2 Å². The first kappa shape index (κ1) is 19.9. The molecule has 1 saturated carbocycles. The summed E-state index contributed by atoms with van der Waals surface area (Å²) in [5, 5.41) is 9.30. The Morgan fingerprint density at radius 2 is 1.68 bits per heavy atom. The van der Waals surface area contributed by atoms with Crippen molar-refractivity contribution in [2.75, 3.05) is 21.3 Å². The second-order valence-electron chi connectivity index (χ2n) is 7.05. The number of benzene rings is 1. The lowest BCUT2D eigenvalue weighted by Crippen LogP contribution is -2.30. The molecule has 2 aliphatic rings. The highest BCUT2D eigenvalue weighted by Crippen LogP contribution is 2.39. The molecular formula is C22H25NO5. The van der Waals surface area contributed by atoms with Crippen LogP contribution >= 0.6 is 0 Å². The van der Waals surface area contributed by atoms with Crippen molar-refractivity contribution in [2.24, 2.45) is 5.92 Å². The van der Waals surface area contributed by atoms with Crippen LogP contribution in [0.5, 0.6) is 0 Å². The summed E-state index contributed by atoms with van der Waals surface area (Å²) < 4.78 is 9.83. The van der Waals surface area contributed by atoms with Gasteiger partial charge in [-0.1, -0.05) is 30.3 Å². The molecule has 3 rings (SSSR count). The zero-order valence-electron chi connectivity index (χ0n) is 16.3. The van der Waals surface area contributed by atoms with Gasteiger partial charge in [-0.05, 0) is 41.5 Å². The van der Waals surface area contributed by atoms with Crippen LogP contribution < -0.4 is 0 Å². The summed E-state index contributed by atoms with van der Waals surface area (Å²) in [5.74, 6) is -0.692. The summed E-state index contributed by atoms with van der Waals surface area (Å²) in [4.78, 5) is 26.8. The van der Waals surface area contributed by atoms with Crippen LogP contribution in [0.1, 0.15) is 24.0 Å². The number of hydrogen-bond donors (Lipinski definition) is 1. The maximum atomic E-state index is 12.5. The van der Waals surface area contributed by atoms with Crippen molar-refractivity contribution in [3.8, 4) is 0 Å². The molecule has 6 nitrogen and oxygen atoms in total. The number of nitrogens with zero attached hydrogens (tertiary/aromatic N) is 1. The molecule has 0 saturated heterocycles. The molecule has 1 N–H and O–H groups in total. The zero-order valence-corrected chi connectivity index (χ0v) is 16.3. The van der Waals surface area contributed by atoms with Crippen LogP contribution in [0.3, 0.4) is 0 Å². The maximum Gasteiger partial charge on any atom is 0.340 e. The fourth-order valence-corrected chi connectivity index (χ4v) is 3.38. The van der Waals surface area contributed by atoms with Crippen molar-refractivity contribution in [3.63, 3.8) is 0 Å². The van der Waals surface area contributed by atoms with Crippen molar-refractivity contribution in [1.82, 2.24) is 4.90 Å². The number of hydrogen-bond acceptors (Lipinski definition) is 6. The lowest BCUT2D eigenvalue weighted by atomic mass is 9.93. The third-order valence-corrected chi connectivity index (χ3v) is 5.13. The largest absolute Gasteiger partial charge is 0.465 e. The van der Waals surface area contributed by atoms with Crippen LogP contribution in [0.2, 0.25) is 0 Å². The van der Waals surface area contributed by atoms with Crippen LogP contribution in [0.4, 0.5) is 0 Å². The minimum Gasteiger partial charge on any atom is -0.465 e. The summed E-state index contributed by atoms with van der Waals surface area (Å²) in [5.41, 5.74) is 2.83. The van der Waals surface area contributed by atoms with Gasteiger partial charge in [-0.25, -0.2) is 9.59 Å².